The molecule has 4 rings (SSSR count). The van der Waals surface area contributed by atoms with Crippen molar-refractivity contribution in [3.8, 4) is 0 Å². The Kier molecular flexibility index (Phi) is 4.80. The van der Waals surface area contributed by atoms with E-state index < -0.39 is 0 Å². The van der Waals surface area contributed by atoms with Crippen LogP contribution in [0.3, 0.4) is 0 Å². The fourth-order valence-corrected chi connectivity index (χ4v) is 4.91. The highest BCUT2D eigenvalue weighted by molar-refractivity contribution is 7.15. The summed E-state index contributed by atoms with van der Waals surface area (Å²) < 4.78 is 5.19. The highest BCUT2D eigenvalue weighted by atomic mass is 32.1. The van der Waals surface area contributed by atoms with Crippen molar-refractivity contribution in [2.24, 2.45) is 11.8 Å². The predicted octanol–water partition coefficient (Wildman–Crippen LogP) is 3.35. The molecule has 2 aliphatic rings. The zero-order valence-electron chi connectivity index (χ0n) is 14.9. The second kappa shape index (κ2) is 7.23. The quantitative estimate of drug-likeness (QED) is 0.895. The Hall–Kier alpha value is -2.15. The molecule has 2 amide bonds. The second-order valence-electron chi connectivity index (χ2n) is 7.29. The van der Waals surface area contributed by atoms with Gasteiger partial charge in [0.05, 0.1) is 17.9 Å². The number of furan rings is 1. The van der Waals surface area contributed by atoms with Crippen LogP contribution in [-0.4, -0.2) is 34.8 Å². The summed E-state index contributed by atoms with van der Waals surface area (Å²) in [5, 5.41) is 3.68. The minimum absolute atomic E-state index is 0.0407. The first-order valence-corrected chi connectivity index (χ1v) is 10.0. The molecule has 1 aliphatic carbocycles. The fourth-order valence-electron chi connectivity index (χ4n) is 3.73. The number of hydrogen-bond acceptors (Lipinski definition) is 5. The van der Waals surface area contributed by atoms with Gasteiger partial charge in [-0.05, 0) is 50.2 Å². The molecule has 26 heavy (non-hydrogen) atoms. The highest BCUT2D eigenvalue weighted by Gasteiger charge is 2.30. The number of anilines is 1. The molecule has 0 radical (unpaired) electrons. The lowest BCUT2D eigenvalue weighted by Crippen LogP contribution is -2.43. The molecule has 2 unspecified atom stereocenters. The SMILES string of the molecule is CC1CCc2nc(NC(=O)C3CCCN(C(=O)c4ccco4)C3)sc2C1. The van der Waals surface area contributed by atoms with Crippen molar-refractivity contribution < 1.29 is 14.0 Å². The number of likely N-dealkylation sites (tertiary alicyclic amines) is 1. The molecule has 2 aromatic heterocycles. The van der Waals surface area contributed by atoms with E-state index in [1.807, 2.05) is 0 Å². The molecule has 0 aromatic carbocycles. The van der Waals surface area contributed by atoms with Crippen molar-refractivity contribution in [2.75, 3.05) is 18.4 Å². The minimum atomic E-state index is -0.206. The van der Waals surface area contributed by atoms with E-state index in [2.05, 4.69) is 17.2 Å². The number of rotatable bonds is 3. The fraction of sp³-hybridized carbons (Fsp3) is 0.526. The van der Waals surface area contributed by atoms with Gasteiger partial charge in [0.1, 0.15) is 0 Å². The van der Waals surface area contributed by atoms with Crippen molar-refractivity contribution in [3.05, 3.63) is 34.7 Å². The maximum Gasteiger partial charge on any atom is 0.289 e. The summed E-state index contributed by atoms with van der Waals surface area (Å²) >= 11 is 1.60. The Balaban J connectivity index is 1.39. The van der Waals surface area contributed by atoms with E-state index in [0.717, 1.165) is 37.8 Å². The van der Waals surface area contributed by atoms with Crippen molar-refractivity contribution in [2.45, 2.75) is 39.0 Å². The molecule has 2 atom stereocenters. The van der Waals surface area contributed by atoms with Gasteiger partial charge in [-0.15, -0.1) is 11.3 Å². The first kappa shape index (κ1) is 17.3. The van der Waals surface area contributed by atoms with Gasteiger partial charge in [0.2, 0.25) is 5.91 Å². The van der Waals surface area contributed by atoms with Crippen LogP contribution in [0.15, 0.2) is 22.8 Å². The van der Waals surface area contributed by atoms with Crippen LogP contribution in [-0.2, 0) is 17.6 Å². The van der Waals surface area contributed by atoms with E-state index >= 15 is 0 Å². The minimum Gasteiger partial charge on any atom is -0.459 e. The molecule has 1 N–H and O–H groups in total. The summed E-state index contributed by atoms with van der Waals surface area (Å²) in [5.41, 5.74) is 1.14. The van der Waals surface area contributed by atoms with Crippen LogP contribution in [0.25, 0.3) is 0 Å². The smallest absolute Gasteiger partial charge is 0.289 e. The molecule has 1 fully saturated rings. The maximum absolute atomic E-state index is 12.7. The largest absolute Gasteiger partial charge is 0.459 e. The van der Waals surface area contributed by atoms with E-state index in [0.29, 0.717) is 29.9 Å². The molecule has 2 aromatic rings. The normalized spacial score (nSPS) is 22.7. The summed E-state index contributed by atoms with van der Waals surface area (Å²) in [7, 11) is 0. The van der Waals surface area contributed by atoms with Crippen molar-refractivity contribution in [1.29, 1.82) is 0 Å². The van der Waals surface area contributed by atoms with Gasteiger partial charge < -0.3 is 14.6 Å². The van der Waals surface area contributed by atoms with Crippen molar-refractivity contribution >= 4 is 28.3 Å². The molecule has 6 nitrogen and oxygen atoms in total. The molecule has 1 saturated heterocycles. The lowest BCUT2D eigenvalue weighted by Gasteiger charge is -2.31. The van der Waals surface area contributed by atoms with Gasteiger partial charge in [0.25, 0.3) is 5.91 Å². The van der Waals surface area contributed by atoms with Crippen LogP contribution in [0, 0.1) is 11.8 Å². The molecule has 3 heterocycles. The average molecular weight is 373 g/mol. The van der Waals surface area contributed by atoms with E-state index in [4.69, 9.17) is 4.42 Å². The summed E-state index contributed by atoms with van der Waals surface area (Å²) in [6, 6.07) is 3.36. The number of carbonyl (C=O) groups excluding carboxylic acids is 2. The topological polar surface area (TPSA) is 75.4 Å². The number of carbonyl (C=O) groups is 2. The third-order valence-electron chi connectivity index (χ3n) is 5.23. The Bertz CT molecular complexity index is 799. The number of nitrogens with zero attached hydrogens (tertiary/aromatic N) is 2. The van der Waals surface area contributed by atoms with Crippen molar-refractivity contribution in [1.82, 2.24) is 9.88 Å². The number of thiazole rings is 1. The molecular formula is C19H23N3O3S. The van der Waals surface area contributed by atoms with Crippen LogP contribution in [0.1, 0.15) is 47.3 Å². The number of piperidine rings is 1. The number of hydrogen-bond donors (Lipinski definition) is 1. The zero-order chi connectivity index (χ0) is 18.1. The standard InChI is InChI=1S/C19H23N3O3S/c1-12-6-7-14-16(10-12)26-19(20-14)21-17(23)13-4-2-8-22(11-13)18(24)15-5-3-9-25-15/h3,5,9,12-13H,2,4,6-8,10-11H2,1H3,(H,20,21,23). The third-order valence-corrected chi connectivity index (χ3v) is 6.26. The van der Waals surface area contributed by atoms with Gasteiger partial charge >= 0.3 is 0 Å². The Morgan fingerprint density at radius 3 is 3.08 bits per heavy atom. The van der Waals surface area contributed by atoms with Crippen molar-refractivity contribution in [3.63, 3.8) is 0 Å². The molecule has 0 bridgehead atoms. The van der Waals surface area contributed by atoms with Crippen LogP contribution in [0.5, 0.6) is 0 Å². The first-order valence-electron chi connectivity index (χ1n) is 9.22. The van der Waals surface area contributed by atoms with Gasteiger partial charge in [0, 0.05) is 18.0 Å². The number of nitrogens with one attached hydrogen (secondary N) is 1. The molecule has 138 valence electrons. The molecule has 1 aliphatic heterocycles. The molecule has 0 saturated carbocycles. The predicted molar refractivity (Wildman–Crippen MR) is 99.3 cm³/mol. The Morgan fingerprint density at radius 1 is 1.38 bits per heavy atom. The molecule has 7 heteroatoms. The van der Waals surface area contributed by atoms with Crippen LogP contribution in [0.4, 0.5) is 5.13 Å². The summed E-state index contributed by atoms with van der Waals surface area (Å²) in [5.74, 6) is 0.619. The van der Waals surface area contributed by atoms with E-state index in [1.165, 1.54) is 11.1 Å². The van der Waals surface area contributed by atoms with E-state index in [1.54, 1.807) is 28.4 Å². The highest BCUT2D eigenvalue weighted by Crippen LogP contribution is 2.32. The monoisotopic (exact) mass is 373 g/mol. The lowest BCUT2D eigenvalue weighted by atomic mass is 9.93. The van der Waals surface area contributed by atoms with Gasteiger partial charge in [-0.3, -0.25) is 9.59 Å². The van der Waals surface area contributed by atoms with Crippen LogP contribution in [0.2, 0.25) is 0 Å². The van der Waals surface area contributed by atoms with Crippen LogP contribution < -0.4 is 5.32 Å². The number of aromatic nitrogens is 1. The lowest BCUT2D eigenvalue weighted by molar-refractivity contribution is -0.121. The Labute approximate surface area is 156 Å². The average Bonchev–Trinajstić information content (AvgIpc) is 3.30. The molecular weight excluding hydrogens is 350 g/mol. The van der Waals surface area contributed by atoms with Gasteiger partial charge in [-0.2, -0.15) is 0 Å². The summed E-state index contributed by atoms with van der Waals surface area (Å²) in [6.45, 7) is 3.34. The summed E-state index contributed by atoms with van der Waals surface area (Å²) in [6.07, 6.45) is 6.31. The second-order valence-corrected chi connectivity index (χ2v) is 8.38. The number of amides is 2. The summed E-state index contributed by atoms with van der Waals surface area (Å²) in [4.78, 5) is 32.8. The van der Waals surface area contributed by atoms with Gasteiger partial charge in [-0.1, -0.05) is 6.92 Å². The van der Waals surface area contributed by atoms with E-state index in [9.17, 15) is 9.59 Å². The Morgan fingerprint density at radius 2 is 2.27 bits per heavy atom. The molecule has 0 spiro atoms. The first-order chi connectivity index (χ1) is 12.6. The maximum atomic E-state index is 12.7. The van der Waals surface area contributed by atoms with Crippen LogP contribution >= 0.6 is 11.3 Å². The van der Waals surface area contributed by atoms with Gasteiger partial charge in [-0.25, -0.2) is 4.98 Å². The number of aryl methyl sites for hydroxylation is 1. The zero-order valence-corrected chi connectivity index (χ0v) is 15.7. The van der Waals surface area contributed by atoms with E-state index in [-0.39, 0.29) is 17.7 Å². The third kappa shape index (κ3) is 3.53. The number of fused-ring (bicyclic) bond motifs is 1. The van der Waals surface area contributed by atoms with Gasteiger partial charge in [0.15, 0.2) is 10.9 Å².